The molecule has 1 aliphatic rings. The molecule has 3 aromatic rings. The smallest absolute Gasteiger partial charge is 0.161 e. The summed E-state index contributed by atoms with van der Waals surface area (Å²) in [5.74, 6) is 2.77. The van der Waals surface area contributed by atoms with Crippen LogP contribution in [0.4, 0.5) is 0 Å². The highest BCUT2D eigenvalue weighted by atomic mass is 16.5. The molecule has 0 amide bonds. The van der Waals surface area contributed by atoms with Crippen LogP contribution in [0.2, 0.25) is 0 Å². The molecule has 0 bridgehead atoms. The number of H-pyrrole nitrogens is 1. The lowest BCUT2D eigenvalue weighted by Crippen LogP contribution is -2.33. The van der Waals surface area contributed by atoms with Crippen LogP contribution >= 0.6 is 0 Å². The maximum absolute atomic E-state index is 5.58. The SMILES string of the molecule is CCCCN1CCC(c2ccc3[nH]c(-c4ccc(OC)c(OC)c4)c(CC(C)C)c3c2)CC1. The Morgan fingerprint density at radius 3 is 2.42 bits per heavy atom. The van der Waals surface area contributed by atoms with Gasteiger partial charge in [0.15, 0.2) is 11.5 Å². The van der Waals surface area contributed by atoms with Gasteiger partial charge in [-0.2, -0.15) is 0 Å². The summed E-state index contributed by atoms with van der Waals surface area (Å²) in [6, 6.07) is 13.3. The molecule has 4 nitrogen and oxygen atoms in total. The van der Waals surface area contributed by atoms with Gasteiger partial charge in [-0.15, -0.1) is 0 Å². The minimum Gasteiger partial charge on any atom is -0.493 e. The van der Waals surface area contributed by atoms with Gasteiger partial charge in [0.2, 0.25) is 0 Å². The topological polar surface area (TPSA) is 37.5 Å². The van der Waals surface area contributed by atoms with Crippen LogP contribution in [0, 0.1) is 5.92 Å². The maximum atomic E-state index is 5.58. The molecular formula is C29H40N2O2. The third kappa shape index (κ3) is 5.22. The van der Waals surface area contributed by atoms with Crippen molar-refractivity contribution in [1.29, 1.82) is 0 Å². The van der Waals surface area contributed by atoms with Crippen LogP contribution in [-0.2, 0) is 6.42 Å². The van der Waals surface area contributed by atoms with Crippen LogP contribution in [-0.4, -0.2) is 43.7 Å². The summed E-state index contributed by atoms with van der Waals surface area (Å²) in [7, 11) is 3.38. The van der Waals surface area contributed by atoms with E-state index < -0.39 is 0 Å². The summed E-state index contributed by atoms with van der Waals surface area (Å²) in [5, 5.41) is 1.37. The van der Waals surface area contributed by atoms with Crippen molar-refractivity contribution in [2.45, 2.75) is 58.8 Å². The number of benzene rings is 2. The number of methoxy groups -OCH3 is 2. The summed E-state index contributed by atoms with van der Waals surface area (Å²) in [6.45, 7) is 10.6. The minimum atomic E-state index is 0.577. The first-order chi connectivity index (χ1) is 16.0. The first-order valence-electron chi connectivity index (χ1n) is 12.6. The Kier molecular flexibility index (Phi) is 7.64. The second-order valence-electron chi connectivity index (χ2n) is 9.92. The fraction of sp³-hybridized carbons (Fsp3) is 0.517. The third-order valence-electron chi connectivity index (χ3n) is 7.10. The molecule has 0 radical (unpaired) electrons. The molecular weight excluding hydrogens is 408 g/mol. The summed E-state index contributed by atoms with van der Waals surface area (Å²) < 4.78 is 11.0. The molecule has 1 fully saturated rings. The molecule has 4 heteroatoms. The summed E-state index contributed by atoms with van der Waals surface area (Å²) in [5.41, 5.74) is 6.48. The predicted molar refractivity (Wildman–Crippen MR) is 139 cm³/mol. The first-order valence-corrected chi connectivity index (χ1v) is 12.6. The number of ether oxygens (including phenoxy) is 2. The molecule has 0 spiro atoms. The van der Waals surface area contributed by atoms with Crippen molar-refractivity contribution in [3.63, 3.8) is 0 Å². The lowest BCUT2D eigenvalue weighted by Gasteiger charge is -2.32. The third-order valence-corrected chi connectivity index (χ3v) is 7.10. The van der Waals surface area contributed by atoms with E-state index in [-0.39, 0.29) is 0 Å². The summed E-state index contributed by atoms with van der Waals surface area (Å²) in [4.78, 5) is 6.38. The number of piperidine rings is 1. The van der Waals surface area contributed by atoms with Crippen molar-refractivity contribution in [2.75, 3.05) is 33.9 Å². The van der Waals surface area contributed by atoms with Gasteiger partial charge < -0.3 is 19.4 Å². The predicted octanol–water partition coefficient (Wildman–Crippen LogP) is 7.03. The van der Waals surface area contributed by atoms with Gasteiger partial charge in [0.25, 0.3) is 0 Å². The van der Waals surface area contributed by atoms with Gasteiger partial charge in [-0.3, -0.25) is 0 Å². The van der Waals surface area contributed by atoms with Crippen LogP contribution < -0.4 is 9.47 Å². The van der Waals surface area contributed by atoms with Gasteiger partial charge in [0.1, 0.15) is 0 Å². The number of rotatable bonds is 9. The Bertz CT molecular complexity index is 1060. The van der Waals surface area contributed by atoms with E-state index in [2.05, 4.69) is 61.0 Å². The number of likely N-dealkylation sites (tertiary alicyclic amines) is 1. The van der Waals surface area contributed by atoms with E-state index >= 15 is 0 Å². The van der Waals surface area contributed by atoms with Crippen LogP contribution in [0.5, 0.6) is 11.5 Å². The Morgan fingerprint density at radius 1 is 1.00 bits per heavy atom. The lowest BCUT2D eigenvalue weighted by molar-refractivity contribution is 0.210. The van der Waals surface area contributed by atoms with E-state index in [1.165, 1.54) is 73.0 Å². The average Bonchev–Trinajstić information content (AvgIpc) is 3.19. The normalized spacial score (nSPS) is 15.5. The number of fused-ring (bicyclic) bond motifs is 1. The Hall–Kier alpha value is -2.46. The quantitative estimate of drug-likeness (QED) is 0.382. The second-order valence-corrected chi connectivity index (χ2v) is 9.92. The van der Waals surface area contributed by atoms with Gasteiger partial charge in [-0.1, -0.05) is 33.3 Å². The first kappa shape index (κ1) is 23.7. The number of aromatic amines is 1. The van der Waals surface area contributed by atoms with E-state index in [1.807, 2.05) is 6.07 Å². The van der Waals surface area contributed by atoms with Crippen molar-refractivity contribution in [2.24, 2.45) is 5.92 Å². The Labute approximate surface area is 199 Å². The van der Waals surface area contributed by atoms with Gasteiger partial charge in [0, 0.05) is 22.2 Å². The van der Waals surface area contributed by atoms with Crippen LogP contribution in [0.3, 0.4) is 0 Å². The molecule has 1 N–H and O–H groups in total. The molecule has 1 aliphatic heterocycles. The van der Waals surface area contributed by atoms with Crippen molar-refractivity contribution < 1.29 is 9.47 Å². The molecule has 0 unspecified atom stereocenters. The van der Waals surface area contributed by atoms with Gasteiger partial charge in [-0.25, -0.2) is 0 Å². The zero-order valence-electron chi connectivity index (χ0n) is 21.0. The number of nitrogens with zero attached hydrogens (tertiary/aromatic N) is 1. The number of hydrogen-bond donors (Lipinski definition) is 1. The van der Waals surface area contributed by atoms with Gasteiger partial charge in [-0.05, 0) is 98.6 Å². The molecule has 0 saturated carbocycles. The largest absolute Gasteiger partial charge is 0.493 e. The molecule has 2 heterocycles. The van der Waals surface area contributed by atoms with Crippen molar-refractivity contribution in [3.05, 3.63) is 47.5 Å². The molecule has 178 valence electrons. The van der Waals surface area contributed by atoms with E-state index in [1.54, 1.807) is 14.2 Å². The molecule has 33 heavy (non-hydrogen) atoms. The summed E-state index contributed by atoms with van der Waals surface area (Å²) >= 11 is 0. The Morgan fingerprint density at radius 2 is 1.76 bits per heavy atom. The number of nitrogens with one attached hydrogen (secondary N) is 1. The fourth-order valence-corrected chi connectivity index (χ4v) is 5.25. The highest BCUT2D eigenvalue weighted by Crippen LogP contribution is 2.38. The van der Waals surface area contributed by atoms with Gasteiger partial charge in [0.05, 0.1) is 14.2 Å². The zero-order valence-corrected chi connectivity index (χ0v) is 21.0. The number of aromatic nitrogens is 1. The molecule has 1 aromatic heterocycles. The minimum absolute atomic E-state index is 0.577. The average molecular weight is 449 g/mol. The maximum Gasteiger partial charge on any atom is 0.161 e. The summed E-state index contributed by atoms with van der Waals surface area (Å²) in [6.07, 6.45) is 6.18. The molecule has 2 aromatic carbocycles. The van der Waals surface area contributed by atoms with E-state index in [9.17, 15) is 0 Å². The van der Waals surface area contributed by atoms with E-state index in [0.717, 1.165) is 23.5 Å². The Balaban J connectivity index is 1.67. The molecule has 0 aliphatic carbocycles. The highest BCUT2D eigenvalue weighted by molar-refractivity contribution is 5.91. The van der Waals surface area contributed by atoms with Crippen molar-refractivity contribution in [1.82, 2.24) is 9.88 Å². The monoisotopic (exact) mass is 448 g/mol. The van der Waals surface area contributed by atoms with Crippen LogP contribution in [0.15, 0.2) is 36.4 Å². The van der Waals surface area contributed by atoms with E-state index in [0.29, 0.717) is 11.8 Å². The molecule has 0 atom stereocenters. The fourth-order valence-electron chi connectivity index (χ4n) is 5.25. The van der Waals surface area contributed by atoms with Crippen LogP contribution in [0.1, 0.15) is 63.5 Å². The van der Waals surface area contributed by atoms with Crippen LogP contribution in [0.25, 0.3) is 22.2 Å². The molecule has 1 saturated heterocycles. The van der Waals surface area contributed by atoms with Crippen molar-refractivity contribution in [3.8, 4) is 22.8 Å². The number of unbranched alkanes of at least 4 members (excludes halogenated alkanes) is 1. The van der Waals surface area contributed by atoms with Crippen molar-refractivity contribution >= 4 is 10.9 Å². The zero-order chi connectivity index (χ0) is 23.4. The van der Waals surface area contributed by atoms with Gasteiger partial charge >= 0.3 is 0 Å². The standard InChI is InChI=1S/C29H40N2O2/c1-6-7-14-31-15-12-21(13-16-31)22-8-10-26-24(18-22)25(17-20(2)3)29(30-26)23-9-11-27(32-4)28(19-23)33-5/h8-11,18-21,30H,6-7,12-17H2,1-5H3. The highest BCUT2D eigenvalue weighted by Gasteiger charge is 2.22. The lowest BCUT2D eigenvalue weighted by atomic mass is 9.87. The second kappa shape index (κ2) is 10.6. The molecule has 4 rings (SSSR count). The number of hydrogen-bond acceptors (Lipinski definition) is 3. The van der Waals surface area contributed by atoms with E-state index in [4.69, 9.17) is 9.47 Å².